The van der Waals surface area contributed by atoms with Crippen LogP contribution in [0.2, 0.25) is 24.9 Å². The normalized spacial score (nSPS) is 7.50. The number of hydrogen-bond donors (Lipinski definition) is 0. The van der Waals surface area contributed by atoms with Gasteiger partial charge in [0.05, 0.1) is 0 Å². The highest BCUT2D eigenvalue weighted by atomic mass is 28.3. The summed E-state index contributed by atoms with van der Waals surface area (Å²) < 4.78 is 0. The third kappa shape index (κ3) is 88.2. The predicted molar refractivity (Wildman–Crippen MR) is 44.1 cm³/mol. The fourth-order valence-corrected chi connectivity index (χ4v) is 0. The van der Waals surface area contributed by atoms with E-state index in [9.17, 15) is 0 Å². The standard InChI is InChI=1S/C3H9Si.C3H5.Al/c1-4(2)3;1-3-2;/h1-3H3;3H,1-2H2;. The van der Waals surface area contributed by atoms with Gasteiger partial charge in [-0.25, -0.2) is 0 Å². The Balaban J connectivity index is 0. The van der Waals surface area contributed by atoms with Crippen molar-refractivity contribution in [1.82, 2.24) is 0 Å². The van der Waals surface area contributed by atoms with Crippen molar-refractivity contribution in [2.75, 3.05) is 0 Å². The molecule has 0 N–H and O–H groups in total. The first-order valence-corrected chi connectivity index (χ1v) is 6.54. The summed E-state index contributed by atoms with van der Waals surface area (Å²) in [7, 11) is 0.120. The van der Waals surface area contributed by atoms with Gasteiger partial charge in [0, 0.05) is 8.80 Å². The molecule has 0 aliphatic rings. The minimum absolute atomic E-state index is 0.120. The molecule has 0 unspecified atom stereocenters. The average Bonchev–Trinajstić information content (AvgIpc) is 1.65. The van der Waals surface area contributed by atoms with Crippen LogP contribution in [0.25, 0.3) is 0 Å². The van der Waals surface area contributed by atoms with E-state index in [0.29, 0.717) is 0 Å². The van der Waals surface area contributed by atoms with Crippen LogP contribution >= 0.6 is 0 Å². The lowest BCUT2D eigenvalue weighted by Gasteiger charge is -1.75. The molecule has 8 heavy (non-hydrogen) atoms. The molecule has 2 heteroatoms. The summed E-state index contributed by atoms with van der Waals surface area (Å²) in [6.45, 7) is 10.3. The highest BCUT2D eigenvalue weighted by Crippen LogP contribution is 1.68. The zero-order valence-electron chi connectivity index (χ0n) is 6.07. The maximum atomic E-state index is 3.46. The van der Waals surface area contributed by atoms with Crippen LogP contribution < -0.4 is 0 Å². The molecule has 45 valence electrons. The molecule has 0 atom stereocenters. The highest BCUT2D eigenvalue weighted by Gasteiger charge is 1.72. The van der Waals surface area contributed by atoms with Crippen LogP contribution in [0.4, 0.5) is 0 Å². The Morgan fingerprint density at radius 3 is 1.62 bits per heavy atom. The van der Waals surface area contributed by atoms with Gasteiger partial charge in [0.2, 0.25) is 0 Å². The maximum Gasteiger partial charge on any atom is 0.124 e. The maximum absolute atomic E-state index is 3.46. The first-order valence-electron chi connectivity index (χ1n) is 2.72. The second kappa shape index (κ2) is 10.5. The van der Waals surface area contributed by atoms with Gasteiger partial charge in [0.25, 0.3) is 0 Å². The predicted octanol–water partition coefficient (Wildman–Crippen LogP) is 2.13. The van der Waals surface area contributed by atoms with Crippen molar-refractivity contribution in [2.24, 2.45) is 0 Å². The van der Waals surface area contributed by atoms with Gasteiger partial charge in [-0.15, -0.1) is 17.9 Å². The van der Waals surface area contributed by atoms with E-state index in [4.69, 9.17) is 0 Å². The summed E-state index contributed by atoms with van der Waals surface area (Å²) in [5.41, 5.74) is 0. The highest BCUT2D eigenvalue weighted by molar-refractivity contribution is 6.54. The molecular formula is C6H14AlSi. The Hall–Kier alpha value is 0.489. The molecule has 3 radical (unpaired) electrons. The van der Waals surface area contributed by atoms with Gasteiger partial charge in [-0.3, -0.25) is 0 Å². The van der Waals surface area contributed by atoms with Crippen molar-refractivity contribution in [3.8, 4) is 0 Å². The zero-order chi connectivity index (χ0) is 6.99. The molecule has 0 spiro atoms. The Kier molecular flexibility index (Phi) is 14.8. The van der Waals surface area contributed by atoms with Crippen LogP contribution in [0, 0.1) is 0 Å². The Morgan fingerprint density at radius 1 is 1.50 bits per heavy atom. The molecular weight excluding hydrogens is 127 g/mol. The molecule has 0 heterocycles. The van der Waals surface area contributed by atoms with E-state index in [0.717, 1.165) is 5.28 Å². The molecule has 0 saturated heterocycles. The van der Waals surface area contributed by atoms with Gasteiger partial charge >= 0.3 is 0 Å². The summed E-state index contributed by atoms with van der Waals surface area (Å²) >= 11 is 2.54. The van der Waals surface area contributed by atoms with Gasteiger partial charge in [-0.1, -0.05) is 19.6 Å². The first kappa shape index (κ1) is 11.3. The third-order valence-corrected chi connectivity index (χ3v) is 0.500. The van der Waals surface area contributed by atoms with E-state index < -0.39 is 0 Å². The van der Waals surface area contributed by atoms with Gasteiger partial charge in [-0.2, -0.15) is 0 Å². The molecule has 0 aromatic carbocycles. The topological polar surface area (TPSA) is 0 Å². The summed E-state index contributed by atoms with van der Waals surface area (Å²) in [4.78, 5) is 0. The van der Waals surface area contributed by atoms with Crippen LogP contribution in [0.1, 0.15) is 0 Å². The van der Waals surface area contributed by atoms with E-state index in [2.05, 4.69) is 42.5 Å². The molecule has 0 nitrogen and oxygen atoms in total. The van der Waals surface area contributed by atoms with Crippen molar-refractivity contribution in [3.63, 3.8) is 0 Å². The van der Waals surface area contributed by atoms with Crippen molar-refractivity contribution in [3.05, 3.63) is 12.7 Å². The second-order valence-electron chi connectivity index (χ2n) is 2.02. The smallest absolute Gasteiger partial charge is 0.107 e. The van der Waals surface area contributed by atoms with Gasteiger partial charge in [-0.05, 0) is 0 Å². The minimum atomic E-state index is 0.120. The third-order valence-electron chi connectivity index (χ3n) is 0.167. The number of allylic oxidation sites excluding steroid dienone is 1. The van der Waals surface area contributed by atoms with E-state index in [1.165, 1.54) is 0 Å². The van der Waals surface area contributed by atoms with Crippen molar-refractivity contribution in [2.45, 2.75) is 24.9 Å². The lowest BCUT2D eigenvalue weighted by Crippen LogP contribution is -1.84. The molecule has 0 amide bonds. The Morgan fingerprint density at radius 2 is 1.62 bits per heavy atom. The molecule has 0 aliphatic carbocycles. The fourth-order valence-electron chi connectivity index (χ4n) is 0. The quantitative estimate of drug-likeness (QED) is 0.387. The molecule has 0 rings (SSSR count). The zero-order valence-corrected chi connectivity index (χ0v) is 8.22. The monoisotopic (exact) mass is 141 g/mol. The van der Waals surface area contributed by atoms with E-state index in [1.54, 1.807) is 0 Å². The average molecular weight is 141 g/mol. The fraction of sp³-hybridized carbons (Fsp3) is 0.667. The summed E-state index contributed by atoms with van der Waals surface area (Å²) in [5, 5.41) is 1.00. The molecule has 0 fully saturated rings. The van der Waals surface area contributed by atoms with Gasteiger partial charge < -0.3 is 0 Å². The summed E-state index contributed by atoms with van der Waals surface area (Å²) in [6.07, 6.45) is 1.84. The van der Waals surface area contributed by atoms with Crippen molar-refractivity contribution >= 4 is 25.1 Å². The van der Waals surface area contributed by atoms with Gasteiger partial charge in [0.15, 0.2) is 0 Å². The Bertz CT molecular complexity index is 41.0. The van der Waals surface area contributed by atoms with Gasteiger partial charge in [0.1, 0.15) is 16.3 Å². The minimum Gasteiger partial charge on any atom is -0.107 e. The molecule has 0 saturated carbocycles. The Labute approximate surface area is 63.0 Å². The number of hydrogen-bond acceptors (Lipinski definition) is 0. The van der Waals surface area contributed by atoms with Crippen LogP contribution in [-0.4, -0.2) is 25.1 Å². The van der Waals surface area contributed by atoms with Crippen molar-refractivity contribution < 1.29 is 0 Å². The summed E-state index contributed by atoms with van der Waals surface area (Å²) in [6, 6.07) is 0. The van der Waals surface area contributed by atoms with Crippen LogP contribution in [0.15, 0.2) is 12.7 Å². The number of rotatable bonds is 1. The first-order chi connectivity index (χ1) is 3.65. The lowest BCUT2D eigenvalue weighted by molar-refractivity contribution is 1.76. The van der Waals surface area contributed by atoms with E-state index >= 15 is 0 Å². The largest absolute Gasteiger partial charge is 0.124 e. The summed E-state index contributed by atoms with van der Waals surface area (Å²) in [5.74, 6) is 0. The second-order valence-corrected chi connectivity index (χ2v) is 5.50. The molecule has 0 aromatic heterocycles. The van der Waals surface area contributed by atoms with Crippen LogP contribution in [-0.2, 0) is 0 Å². The lowest BCUT2D eigenvalue weighted by atomic mass is 10.8. The molecule has 0 aliphatic heterocycles. The molecule has 0 aromatic rings. The van der Waals surface area contributed by atoms with E-state index in [1.807, 2.05) is 6.08 Å². The SMILES string of the molecule is C=C[CH2][Al].C[Si](C)C. The van der Waals surface area contributed by atoms with E-state index in [-0.39, 0.29) is 8.80 Å². The van der Waals surface area contributed by atoms with Crippen LogP contribution in [0.5, 0.6) is 0 Å². The molecule has 0 bridgehead atoms. The van der Waals surface area contributed by atoms with Crippen molar-refractivity contribution in [1.29, 1.82) is 0 Å². The van der Waals surface area contributed by atoms with Crippen LogP contribution in [0.3, 0.4) is 0 Å².